The lowest BCUT2D eigenvalue weighted by molar-refractivity contribution is -0.185. The molecule has 1 aliphatic heterocycles. The molecule has 1 saturated heterocycles. The van der Waals surface area contributed by atoms with Crippen LogP contribution in [-0.4, -0.2) is 50.5 Å². The van der Waals surface area contributed by atoms with E-state index >= 15 is 0 Å². The fourth-order valence-corrected chi connectivity index (χ4v) is 3.82. The van der Waals surface area contributed by atoms with E-state index in [1.165, 1.54) is 24.3 Å². The normalized spacial score (nSPS) is 19.6. The maximum atomic E-state index is 12.4. The number of benzene rings is 1. The Labute approximate surface area is 132 Å². The quantitative estimate of drug-likeness (QED) is 0.840. The molecular weight excluding hydrogens is 330 g/mol. The number of hydrogen-bond donors (Lipinski definition) is 1. The van der Waals surface area contributed by atoms with Crippen molar-refractivity contribution in [1.82, 2.24) is 9.62 Å². The van der Waals surface area contributed by atoms with Gasteiger partial charge >= 0.3 is 6.61 Å². The van der Waals surface area contributed by atoms with E-state index in [0.29, 0.717) is 0 Å². The van der Waals surface area contributed by atoms with Crippen molar-refractivity contribution in [3.8, 4) is 0 Å². The van der Waals surface area contributed by atoms with Gasteiger partial charge in [-0.2, -0.15) is 13.1 Å². The third-order valence-electron chi connectivity index (χ3n) is 3.76. The minimum Gasteiger partial charge on any atom is -0.349 e. The van der Waals surface area contributed by atoms with Crippen molar-refractivity contribution in [2.24, 2.45) is 0 Å². The fourth-order valence-electron chi connectivity index (χ4n) is 2.27. The lowest BCUT2D eigenvalue weighted by Crippen LogP contribution is -2.55. The molecule has 3 rings (SSSR count). The first-order chi connectivity index (χ1) is 10.9. The number of amides is 1. The van der Waals surface area contributed by atoms with Crippen LogP contribution in [0, 0.1) is 0 Å². The summed E-state index contributed by atoms with van der Waals surface area (Å²) < 4.78 is 54.3. The molecule has 1 N–H and O–H groups in total. The van der Waals surface area contributed by atoms with Crippen LogP contribution in [0.2, 0.25) is 0 Å². The summed E-state index contributed by atoms with van der Waals surface area (Å²) >= 11 is 0. The molecule has 126 valence electrons. The lowest BCUT2D eigenvalue weighted by Gasteiger charge is -2.37. The summed E-state index contributed by atoms with van der Waals surface area (Å²) in [7, 11) is -3.81. The minimum atomic E-state index is -3.81. The molecule has 0 atom stereocenters. The highest BCUT2D eigenvalue weighted by Crippen LogP contribution is 2.25. The Morgan fingerprint density at radius 2 is 2.00 bits per heavy atom. The van der Waals surface area contributed by atoms with Gasteiger partial charge in [0.15, 0.2) is 0 Å². The van der Waals surface area contributed by atoms with E-state index < -0.39 is 22.7 Å². The Morgan fingerprint density at radius 3 is 2.61 bits per heavy atom. The molecule has 0 bridgehead atoms. The fraction of sp³-hybridized carbons (Fsp3) is 0.500. The van der Waals surface area contributed by atoms with Gasteiger partial charge in [0.05, 0.1) is 11.0 Å². The predicted molar refractivity (Wildman–Crippen MR) is 76.6 cm³/mol. The maximum Gasteiger partial charge on any atom is 0.345 e. The Kier molecular flexibility index (Phi) is 4.35. The van der Waals surface area contributed by atoms with Gasteiger partial charge in [-0.15, -0.1) is 0 Å². The van der Waals surface area contributed by atoms with Gasteiger partial charge in [0.1, 0.15) is 0 Å². The van der Waals surface area contributed by atoms with Gasteiger partial charge in [0, 0.05) is 24.7 Å². The molecular formula is C14H16F2N2O4S. The maximum absolute atomic E-state index is 12.4. The van der Waals surface area contributed by atoms with Crippen molar-refractivity contribution in [2.45, 2.75) is 36.5 Å². The largest absolute Gasteiger partial charge is 0.349 e. The molecule has 23 heavy (non-hydrogen) atoms. The molecule has 0 aromatic heterocycles. The number of carbonyl (C=O) groups excluding carboxylic acids is 1. The van der Waals surface area contributed by atoms with Crippen molar-refractivity contribution in [3.05, 3.63) is 29.8 Å². The Bertz CT molecular complexity index is 700. The molecule has 0 radical (unpaired) electrons. The van der Waals surface area contributed by atoms with Gasteiger partial charge in [0.2, 0.25) is 10.0 Å². The number of alkyl halides is 2. The monoisotopic (exact) mass is 346 g/mol. The van der Waals surface area contributed by atoms with Crippen molar-refractivity contribution in [1.29, 1.82) is 0 Å². The van der Waals surface area contributed by atoms with Gasteiger partial charge in [0.25, 0.3) is 5.91 Å². The average Bonchev–Trinajstić information content (AvgIpc) is 3.26. The zero-order valence-corrected chi connectivity index (χ0v) is 12.9. The second-order valence-corrected chi connectivity index (χ2v) is 7.55. The highest BCUT2D eigenvalue weighted by molar-refractivity contribution is 7.89. The summed E-state index contributed by atoms with van der Waals surface area (Å²) in [6.45, 7) is -3.16. The van der Waals surface area contributed by atoms with Crippen LogP contribution in [0.25, 0.3) is 0 Å². The average molecular weight is 346 g/mol. The zero-order valence-electron chi connectivity index (χ0n) is 12.1. The molecule has 0 unspecified atom stereocenters. The van der Waals surface area contributed by atoms with Crippen LogP contribution in [-0.2, 0) is 14.8 Å². The summed E-state index contributed by atoms with van der Waals surface area (Å²) in [6, 6.07) is 5.88. The third kappa shape index (κ3) is 3.67. The summed E-state index contributed by atoms with van der Waals surface area (Å²) in [5.74, 6) is -0.313. The van der Waals surface area contributed by atoms with Gasteiger partial charge in [-0.3, -0.25) is 4.79 Å². The molecule has 1 aliphatic carbocycles. The van der Waals surface area contributed by atoms with Crippen LogP contribution in [0.5, 0.6) is 0 Å². The van der Waals surface area contributed by atoms with E-state index in [0.717, 1.165) is 17.1 Å². The topological polar surface area (TPSA) is 75.7 Å². The number of hydrogen-bond acceptors (Lipinski definition) is 4. The van der Waals surface area contributed by atoms with Crippen LogP contribution in [0.4, 0.5) is 8.78 Å². The van der Waals surface area contributed by atoms with Crippen LogP contribution in [0.3, 0.4) is 0 Å². The summed E-state index contributed by atoms with van der Waals surface area (Å²) in [6.07, 6.45) is 1.07. The smallest absolute Gasteiger partial charge is 0.345 e. The zero-order chi connectivity index (χ0) is 16.6. The van der Waals surface area contributed by atoms with Crippen molar-refractivity contribution < 1.29 is 26.7 Å². The first-order valence-corrected chi connectivity index (χ1v) is 8.65. The number of rotatable bonds is 6. The number of carbonyl (C=O) groups is 1. The molecule has 9 heteroatoms. The van der Waals surface area contributed by atoms with Crippen LogP contribution in [0.1, 0.15) is 23.2 Å². The summed E-state index contributed by atoms with van der Waals surface area (Å²) in [4.78, 5) is 11.9. The summed E-state index contributed by atoms with van der Waals surface area (Å²) in [5.41, 5.74) is 0.263. The Hall–Kier alpha value is -1.58. The lowest BCUT2D eigenvalue weighted by atomic mass is 10.2. The number of sulfonamides is 1. The number of ether oxygens (including phenoxy) is 1. The highest BCUT2D eigenvalue weighted by Gasteiger charge is 2.39. The number of halogens is 2. The molecule has 1 aromatic carbocycles. The van der Waals surface area contributed by atoms with Crippen LogP contribution in [0.15, 0.2) is 29.2 Å². The molecule has 2 fully saturated rings. The van der Waals surface area contributed by atoms with Crippen molar-refractivity contribution >= 4 is 15.9 Å². The molecule has 1 amide bonds. The van der Waals surface area contributed by atoms with Crippen molar-refractivity contribution in [3.63, 3.8) is 0 Å². The van der Waals surface area contributed by atoms with E-state index in [9.17, 15) is 22.0 Å². The Balaban J connectivity index is 1.69. The van der Waals surface area contributed by atoms with Crippen LogP contribution < -0.4 is 5.32 Å². The van der Waals surface area contributed by atoms with E-state index in [2.05, 4.69) is 10.1 Å². The van der Waals surface area contributed by atoms with E-state index in [1.54, 1.807) is 0 Å². The van der Waals surface area contributed by atoms with E-state index in [1.807, 2.05) is 0 Å². The van der Waals surface area contributed by atoms with Crippen molar-refractivity contribution in [2.75, 3.05) is 13.1 Å². The number of nitrogens with one attached hydrogen (secondary N) is 1. The van der Waals surface area contributed by atoms with Gasteiger partial charge in [-0.25, -0.2) is 8.42 Å². The second kappa shape index (κ2) is 6.14. The highest BCUT2D eigenvalue weighted by atomic mass is 32.2. The SMILES string of the molecule is O=C(NC1CC1)c1cccc(S(=O)(=O)N2CC(OC(F)F)C2)c1. The molecule has 1 saturated carbocycles. The standard InChI is InChI=1S/C14H16F2N2O4S/c15-14(16)22-11-7-18(8-11)23(20,21)12-3-1-2-9(6-12)13(19)17-10-4-5-10/h1-3,6,10-11,14H,4-5,7-8H2,(H,17,19). The molecule has 0 spiro atoms. The Morgan fingerprint density at radius 1 is 1.30 bits per heavy atom. The summed E-state index contributed by atoms with van der Waals surface area (Å²) in [5, 5.41) is 2.78. The van der Waals surface area contributed by atoms with Gasteiger partial charge in [-0.1, -0.05) is 6.07 Å². The second-order valence-electron chi connectivity index (χ2n) is 5.62. The minimum absolute atomic E-state index is 0.0311. The van der Waals surface area contributed by atoms with Crippen LogP contribution >= 0.6 is 0 Å². The molecule has 6 nitrogen and oxygen atoms in total. The first-order valence-electron chi connectivity index (χ1n) is 7.21. The molecule has 2 aliphatic rings. The molecule has 1 heterocycles. The number of nitrogens with zero attached hydrogens (tertiary/aromatic N) is 1. The van der Waals surface area contributed by atoms with Gasteiger partial charge in [-0.05, 0) is 31.0 Å². The third-order valence-corrected chi connectivity index (χ3v) is 5.58. The predicted octanol–water partition coefficient (Wildman–Crippen LogP) is 1.19. The molecule has 1 aromatic rings. The van der Waals surface area contributed by atoms with E-state index in [-0.39, 0.29) is 35.5 Å². The van der Waals surface area contributed by atoms with E-state index in [4.69, 9.17) is 0 Å². The van der Waals surface area contributed by atoms with Gasteiger partial charge < -0.3 is 10.1 Å². The first kappa shape index (κ1) is 16.3.